The van der Waals surface area contributed by atoms with Gasteiger partial charge in [-0.3, -0.25) is 0 Å². The van der Waals surface area contributed by atoms with Crippen LogP contribution in [-0.4, -0.2) is 35.5 Å². The minimum atomic E-state index is 0.776. The maximum atomic E-state index is 8.70. The van der Waals surface area contributed by atoms with Crippen LogP contribution in [0.2, 0.25) is 0 Å². The van der Waals surface area contributed by atoms with E-state index in [2.05, 4.69) is 17.0 Å². The molecule has 0 unspecified atom stereocenters. The molecule has 1 aliphatic carbocycles. The van der Waals surface area contributed by atoms with Gasteiger partial charge in [0.15, 0.2) is 0 Å². The summed E-state index contributed by atoms with van der Waals surface area (Å²) in [7, 11) is 0. The molecule has 1 saturated heterocycles. The number of likely N-dealkylation sites (tertiary alicyclic amines) is 1. The summed E-state index contributed by atoms with van der Waals surface area (Å²) >= 11 is 0. The molecule has 2 aliphatic rings. The highest BCUT2D eigenvalue weighted by Gasteiger charge is 2.38. The van der Waals surface area contributed by atoms with Gasteiger partial charge in [-0.1, -0.05) is 18.5 Å². The van der Waals surface area contributed by atoms with E-state index in [-0.39, 0.29) is 0 Å². The molecule has 2 rings (SSSR count). The number of unbranched alkanes of at least 4 members (excludes halogenated alkanes) is 1. The molecule has 0 aromatic rings. The summed E-state index contributed by atoms with van der Waals surface area (Å²) < 4.78 is 0. The van der Waals surface area contributed by atoms with Crippen molar-refractivity contribution in [3.8, 4) is 0 Å². The van der Waals surface area contributed by atoms with E-state index in [0.29, 0.717) is 0 Å². The Morgan fingerprint density at radius 2 is 2.00 bits per heavy atom. The molecule has 0 radical (unpaired) electrons. The fourth-order valence-corrected chi connectivity index (χ4v) is 2.83. The zero-order valence-electron chi connectivity index (χ0n) is 8.95. The minimum Gasteiger partial charge on any atom is -0.411 e. The van der Waals surface area contributed by atoms with Gasteiger partial charge in [-0.05, 0) is 37.6 Å². The minimum absolute atomic E-state index is 0.776. The fraction of sp³-hybridized carbons (Fsp3) is 0.909. The number of nitrogens with zero attached hydrogens (tertiary/aromatic N) is 2. The molecular formula is C11H20N2O. The maximum Gasteiger partial charge on any atom is 0.0577 e. The molecule has 0 amide bonds. The first-order valence-corrected chi connectivity index (χ1v) is 5.75. The number of oxime groups is 1. The third-order valence-corrected chi connectivity index (χ3v) is 3.62. The molecule has 0 aromatic carbocycles. The van der Waals surface area contributed by atoms with E-state index in [9.17, 15) is 0 Å². The molecule has 1 saturated carbocycles. The molecule has 0 aromatic heterocycles. The Kier molecular flexibility index (Phi) is 3.06. The SMILES string of the molecule is CCCCN1C[C@H]2CC(=NO)C[C@H]2C1. The summed E-state index contributed by atoms with van der Waals surface area (Å²) in [6.07, 6.45) is 4.67. The Morgan fingerprint density at radius 1 is 1.36 bits per heavy atom. The number of fused-ring (bicyclic) bond motifs is 1. The predicted molar refractivity (Wildman–Crippen MR) is 56.8 cm³/mol. The van der Waals surface area contributed by atoms with Gasteiger partial charge < -0.3 is 10.1 Å². The molecule has 14 heavy (non-hydrogen) atoms. The second kappa shape index (κ2) is 4.30. The molecule has 1 aliphatic heterocycles. The van der Waals surface area contributed by atoms with Crippen LogP contribution < -0.4 is 0 Å². The Balaban J connectivity index is 1.81. The van der Waals surface area contributed by atoms with E-state index in [1.807, 2.05) is 0 Å². The lowest BCUT2D eigenvalue weighted by Crippen LogP contribution is -2.23. The summed E-state index contributed by atoms with van der Waals surface area (Å²) in [5, 5.41) is 12.1. The number of hydrogen-bond acceptors (Lipinski definition) is 3. The summed E-state index contributed by atoms with van der Waals surface area (Å²) in [6, 6.07) is 0. The smallest absolute Gasteiger partial charge is 0.0577 e. The van der Waals surface area contributed by atoms with E-state index in [1.54, 1.807) is 0 Å². The van der Waals surface area contributed by atoms with Gasteiger partial charge in [0.05, 0.1) is 5.71 Å². The lowest BCUT2D eigenvalue weighted by atomic mass is 10.0. The van der Waals surface area contributed by atoms with Crippen molar-refractivity contribution in [2.24, 2.45) is 17.0 Å². The second-order valence-electron chi connectivity index (χ2n) is 4.71. The van der Waals surface area contributed by atoms with Gasteiger partial charge in [0.1, 0.15) is 0 Å². The maximum absolute atomic E-state index is 8.70. The van der Waals surface area contributed by atoms with Gasteiger partial charge in [-0.25, -0.2) is 0 Å². The standard InChI is InChI=1S/C11H20N2O/c1-2-3-4-13-7-9-5-11(12-14)6-10(9)8-13/h9-10,14H,2-8H2,1H3/t9-,10+. The topological polar surface area (TPSA) is 35.8 Å². The van der Waals surface area contributed by atoms with Gasteiger partial charge in [-0.2, -0.15) is 0 Å². The first-order chi connectivity index (χ1) is 6.83. The van der Waals surface area contributed by atoms with Crippen LogP contribution in [-0.2, 0) is 0 Å². The van der Waals surface area contributed by atoms with Crippen molar-refractivity contribution in [2.75, 3.05) is 19.6 Å². The molecule has 0 bridgehead atoms. The zero-order valence-corrected chi connectivity index (χ0v) is 8.95. The summed E-state index contributed by atoms with van der Waals surface area (Å²) in [4.78, 5) is 2.58. The Hall–Kier alpha value is -0.570. The number of hydrogen-bond donors (Lipinski definition) is 1. The van der Waals surface area contributed by atoms with Crippen molar-refractivity contribution in [2.45, 2.75) is 32.6 Å². The molecule has 1 heterocycles. The summed E-state index contributed by atoms with van der Waals surface area (Å²) in [5.74, 6) is 1.55. The third kappa shape index (κ3) is 1.92. The van der Waals surface area contributed by atoms with E-state index < -0.39 is 0 Å². The van der Waals surface area contributed by atoms with Crippen LogP contribution in [0.25, 0.3) is 0 Å². The van der Waals surface area contributed by atoms with Gasteiger partial charge in [-0.15, -0.1) is 0 Å². The van der Waals surface area contributed by atoms with Gasteiger partial charge in [0.2, 0.25) is 0 Å². The average molecular weight is 196 g/mol. The molecule has 80 valence electrons. The quantitative estimate of drug-likeness (QED) is 0.553. The van der Waals surface area contributed by atoms with Gasteiger partial charge in [0.25, 0.3) is 0 Å². The van der Waals surface area contributed by atoms with Crippen LogP contribution in [0.1, 0.15) is 32.6 Å². The van der Waals surface area contributed by atoms with Crippen molar-refractivity contribution in [3.05, 3.63) is 0 Å². The average Bonchev–Trinajstić information content (AvgIpc) is 2.71. The van der Waals surface area contributed by atoms with Gasteiger partial charge in [0, 0.05) is 13.1 Å². The van der Waals surface area contributed by atoms with Crippen LogP contribution in [0.5, 0.6) is 0 Å². The largest absolute Gasteiger partial charge is 0.411 e. The highest BCUT2D eigenvalue weighted by Crippen LogP contribution is 2.36. The van der Waals surface area contributed by atoms with Crippen LogP contribution in [0, 0.1) is 11.8 Å². The van der Waals surface area contributed by atoms with E-state index in [1.165, 1.54) is 32.5 Å². The molecule has 1 N–H and O–H groups in total. The Morgan fingerprint density at radius 3 is 2.50 bits per heavy atom. The van der Waals surface area contributed by atoms with Crippen LogP contribution in [0.15, 0.2) is 5.16 Å². The fourth-order valence-electron chi connectivity index (χ4n) is 2.83. The normalized spacial score (nSPS) is 35.4. The first-order valence-electron chi connectivity index (χ1n) is 5.75. The number of rotatable bonds is 3. The monoisotopic (exact) mass is 196 g/mol. The van der Waals surface area contributed by atoms with E-state index >= 15 is 0 Å². The third-order valence-electron chi connectivity index (χ3n) is 3.62. The van der Waals surface area contributed by atoms with Crippen molar-refractivity contribution in [3.63, 3.8) is 0 Å². The van der Waals surface area contributed by atoms with Crippen molar-refractivity contribution in [1.29, 1.82) is 0 Å². The molecule has 2 atom stereocenters. The lowest BCUT2D eigenvalue weighted by Gasteiger charge is -2.15. The highest BCUT2D eigenvalue weighted by atomic mass is 16.4. The lowest BCUT2D eigenvalue weighted by molar-refractivity contribution is 0.305. The molecular weight excluding hydrogens is 176 g/mol. The predicted octanol–water partition coefficient (Wildman–Crippen LogP) is 1.96. The molecule has 3 nitrogen and oxygen atoms in total. The van der Waals surface area contributed by atoms with Crippen LogP contribution in [0.4, 0.5) is 0 Å². The zero-order chi connectivity index (χ0) is 9.97. The van der Waals surface area contributed by atoms with Crippen LogP contribution in [0.3, 0.4) is 0 Å². The van der Waals surface area contributed by atoms with Crippen molar-refractivity contribution < 1.29 is 5.21 Å². The van der Waals surface area contributed by atoms with Crippen LogP contribution >= 0.6 is 0 Å². The Labute approximate surface area is 85.8 Å². The van der Waals surface area contributed by atoms with Gasteiger partial charge >= 0.3 is 0 Å². The highest BCUT2D eigenvalue weighted by molar-refractivity contribution is 5.86. The molecule has 0 spiro atoms. The molecule has 3 heteroatoms. The Bertz CT molecular complexity index is 211. The van der Waals surface area contributed by atoms with Crippen molar-refractivity contribution >= 4 is 5.71 Å². The van der Waals surface area contributed by atoms with E-state index in [4.69, 9.17) is 5.21 Å². The van der Waals surface area contributed by atoms with E-state index in [0.717, 1.165) is 30.4 Å². The summed E-state index contributed by atoms with van der Waals surface area (Å²) in [5.41, 5.74) is 1.02. The summed E-state index contributed by atoms with van der Waals surface area (Å²) in [6.45, 7) is 5.95. The first kappa shape index (κ1) is 9.97. The van der Waals surface area contributed by atoms with Crippen molar-refractivity contribution in [1.82, 2.24) is 4.90 Å². The molecule has 2 fully saturated rings. The second-order valence-corrected chi connectivity index (χ2v) is 4.71.